The lowest BCUT2D eigenvalue weighted by Gasteiger charge is -2.41. The van der Waals surface area contributed by atoms with Crippen molar-refractivity contribution in [3.8, 4) is 0 Å². The van der Waals surface area contributed by atoms with Crippen LogP contribution in [0.1, 0.15) is 18.4 Å². The molecule has 6 nitrogen and oxygen atoms in total. The number of fused-ring (bicyclic) bond motifs is 1. The summed E-state index contributed by atoms with van der Waals surface area (Å²) in [5.74, 6) is -1.10. The average Bonchev–Trinajstić information content (AvgIpc) is 2.51. The summed E-state index contributed by atoms with van der Waals surface area (Å²) in [7, 11) is 2.51. The summed E-state index contributed by atoms with van der Waals surface area (Å²) in [4.78, 5) is 31.0. The van der Waals surface area contributed by atoms with Crippen molar-refractivity contribution in [3.05, 3.63) is 29.8 Å². The van der Waals surface area contributed by atoms with Crippen molar-refractivity contribution in [3.63, 3.8) is 0 Å². The van der Waals surface area contributed by atoms with Gasteiger partial charge in [-0.25, -0.2) is 10.3 Å². The molecule has 3 amide bonds. The number of aryl methyl sites for hydroxylation is 1. The molecule has 0 saturated heterocycles. The highest BCUT2D eigenvalue weighted by Gasteiger charge is 2.39. The molecule has 0 spiro atoms. The van der Waals surface area contributed by atoms with Crippen molar-refractivity contribution in [1.29, 1.82) is 0 Å². The average molecular weight is 345 g/mol. The largest absolute Gasteiger partial charge is 0.397 e. The van der Waals surface area contributed by atoms with Crippen LogP contribution in [0.2, 0.25) is 0 Å². The van der Waals surface area contributed by atoms with E-state index in [1.165, 1.54) is 19.1 Å². The molecule has 0 radical (unpaired) electrons. The summed E-state index contributed by atoms with van der Waals surface area (Å²) < 4.78 is 37.5. The maximum Gasteiger partial charge on any atom is 0.397 e. The van der Waals surface area contributed by atoms with Crippen molar-refractivity contribution in [2.45, 2.75) is 31.6 Å². The molecule has 0 fully saturated rings. The molecule has 2 rings (SSSR count). The molecule has 1 N–H and O–H groups in total. The van der Waals surface area contributed by atoms with Gasteiger partial charge in [-0.2, -0.15) is 13.2 Å². The lowest BCUT2D eigenvalue weighted by atomic mass is 9.99. The second-order valence-corrected chi connectivity index (χ2v) is 5.43. The molecule has 1 aromatic carbocycles. The summed E-state index contributed by atoms with van der Waals surface area (Å²) in [6.45, 7) is 0. The number of hydroxylamine groups is 1. The van der Waals surface area contributed by atoms with E-state index in [0.717, 1.165) is 10.5 Å². The van der Waals surface area contributed by atoms with Crippen LogP contribution in [0.3, 0.4) is 0 Å². The highest BCUT2D eigenvalue weighted by Crippen LogP contribution is 2.32. The van der Waals surface area contributed by atoms with Gasteiger partial charge in [0.1, 0.15) is 12.6 Å². The van der Waals surface area contributed by atoms with Gasteiger partial charge in [0, 0.05) is 7.05 Å². The summed E-state index contributed by atoms with van der Waals surface area (Å²) in [5, 5.41) is 0. The van der Waals surface area contributed by atoms with E-state index in [9.17, 15) is 22.8 Å². The number of urea groups is 1. The van der Waals surface area contributed by atoms with Crippen LogP contribution in [0.15, 0.2) is 24.3 Å². The first-order valence-corrected chi connectivity index (χ1v) is 7.27. The Labute approximate surface area is 137 Å². The number of halogens is 3. The number of amides is 3. The highest BCUT2D eigenvalue weighted by atomic mass is 19.4. The first-order valence-electron chi connectivity index (χ1n) is 7.27. The van der Waals surface area contributed by atoms with E-state index in [0.29, 0.717) is 18.5 Å². The van der Waals surface area contributed by atoms with Gasteiger partial charge in [0.2, 0.25) is 5.91 Å². The second kappa shape index (κ2) is 7.08. The van der Waals surface area contributed by atoms with Crippen LogP contribution in [0.4, 0.5) is 23.7 Å². The van der Waals surface area contributed by atoms with Crippen molar-refractivity contribution in [2.75, 3.05) is 19.1 Å². The minimum absolute atomic E-state index is 0.328. The van der Waals surface area contributed by atoms with Crippen molar-refractivity contribution >= 4 is 17.6 Å². The van der Waals surface area contributed by atoms with Gasteiger partial charge in [0.25, 0.3) is 0 Å². The van der Waals surface area contributed by atoms with E-state index >= 15 is 0 Å². The number of nitrogens with zero attached hydrogens (tertiary/aromatic N) is 2. The predicted molar refractivity (Wildman–Crippen MR) is 80.0 cm³/mol. The van der Waals surface area contributed by atoms with Crippen LogP contribution >= 0.6 is 0 Å². The van der Waals surface area contributed by atoms with E-state index in [1.807, 2.05) is 12.1 Å². The fourth-order valence-corrected chi connectivity index (χ4v) is 2.74. The van der Waals surface area contributed by atoms with Gasteiger partial charge in [0.05, 0.1) is 12.8 Å². The number of anilines is 1. The number of rotatable bonds is 3. The number of carbonyl (C=O) groups is 2. The maximum atomic E-state index is 12.5. The quantitative estimate of drug-likeness (QED) is 0.856. The molecule has 1 aromatic rings. The molecule has 1 aliphatic rings. The predicted octanol–water partition coefficient (Wildman–Crippen LogP) is 2.45. The Bertz CT molecular complexity index is 621. The van der Waals surface area contributed by atoms with Crippen LogP contribution in [0.5, 0.6) is 0 Å². The number of para-hydroxylation sites is 1. The molecule has 1 aliphatic heterocycles. The van der Waals surface area contributed by atoms with E-state index in [4.69, 9.17) is 0 Å². The number of hydrogen-bond donors (Lipinski definition) is 1. The van der Waals surface area contributed by atoms with Gasteiger partial charge in [-0.15, -0.1) is 0 Å². The molecule has 132 valence electrons. The lowest BCUT2D eigenvalue weighted by Crippen LogP contribution is -2.57. The SMILES string of the molecule is CONC(=O)N1c2ccccc2CCC1N(C)C(=O)CC(F)(F)F. The third kappa shape index (κ3) is 3.97. The molecule has 0 saturated carbocycles. The standard InChI is InChI=1S/C15H18F3N3O3/c1-20(13(22)9-15(16,17)18)12-8-7-10-5-3-4-6-11(10)21(12)14(23)19-24-2/h3-6,12H,7-9H2,1-2H3,(H,19,23). The van der Waals surface area contributed by atoms with Crippen LogP contribution in [0, 0.1) is 0 Å². The molecule has 1 unspecified atom stereocenters. The Kier molecular flexibility index (Phi) is 5.33. The van der Waals surface area contributed by atoms with Gasteiger partial charge in [-0.3, -0.25) is 14.5 Å². The molecule has 0 aliphatic carbocycles. The molecule has 0 bridgehead atoms. The van der Waals surface area contributed by atoms with Crippen molar-refractivity contribution in [1.82, 2.24) is 10.4 Å². The lowest BCUT2D eigenvalue weighted by molar-refractivity contribution is -0.162. The Hall–Kier alpha value is -2.29. The number of carbonyl (C=O) groups excluding carboxylic acids is 2. The maximum absolute atomic E-state index is 12.5. The molecule has 1 atom stereocenters. The summed E-state index contributed by atoms with van der Waals surface area (Å²) in [6.07, 6.45) is -6.13. The Morgan fingerprint density at radius 3 is 2.67 bits per heavy atom. The van der Waals surface area contributed by atoms with Gasteiger partial charge in [-0.1, -0.05) is 18.2 Å². The van der Waals surface area contributed by atoms with E-state index in [1.54, 1.807) is 12.1 Å². The normalized spacial score (nSPS) is 17.2. The summed E-state index contributed by atoms with van der Waals surface area (Å²) in [5.41, 5.74) is 3.56. The first kappa shape index (κ1) is 18.1. The van der Waals surface area contributed by atoms with Gasteiger partial charge < -0.3 is 4.90 Å². The van der Waals surface area contributed by atoms with E-state index in [-0.39, 0.29) is 0 Å². The first-order chi connectivity index (χ1) is 11.2. The minimum atomic E-state index is -4.60. The highest BCUT2D eigenvalue weighted by molar-refractivity contribution is 5.94. The zero-order chi connectivity index (χ0) is 17.9. The molecule has 0 aromatic heterocycles. The van der Waals surface area contributed by atoms with Crippen LogP contribution in [-0.4, -0.2) is 43.3 Å². The topological polar surface area (TPSA) is 61.9 Å². The van der Waals surface area contributed by atoms with Crippen LogP contribution in [-0.2, 0) is 16.1 Å². The molecular formula is C15H18F3N3O3. The van der Waals surface area contributed by atoms with Crippen LogP contribution in [0.25, 0.3) is 0 Å². The van der Waals surface area contributed by atoms with Crippen molar-refractivity contribution in [2.24, 2.45) is 0 Å². The second-order valence-electron chi connectivity index (χ2n) is 5.43. The van der Waals surface area contributed by atoms with E-state index in [2.05, 4.69) is 10.3 Å². The Morgan fingerprint density at radius 2 is 2.04 bits per heavy atom. The number of hydrogen-bond acceptors (Lipinski definition) is 3. The monoisotopic (exact) mass is 345 g/mol. The third-order valence-corrected chi connectivity index (χ3v) is 3.82. The summed E-state index contributed by atoms with van der Waals surface area (Å²) >= 11 is 0. The number of nitrogens with one attached hydrogen (secondary N) is 1. The Morgan fingerprint density at radius 1 is 1.38 bits per heavy atom. The molecular weight excluding hydrogens is 327 g/mol. The van der Waals surface area contributed by atoms with E-state index < -0.39 is 30.7 Å². The van der Waals surface area contributed by atoms with Gasteiger partial charge in [0.15, 0.2) is 0 Å². The van der Waals surface area contributed by atoms with Gasteiger partial charge in [-0.05, 0) is 24.5 Å². The van der Waals surface area contributed by atoms with Gasteiger partial charge >= 0.3 is 12.2 Å². The minimum Gasteiger partial charge on any atom is -0.324 e. The number of benzene rings is 1. The fourth-order valence-electron chi connectivity index (χ4n) is 2.74. The van der Waals surface area contributed by atoms with Crippen LogP contribution < -0.4 is 10.4 Å². The fraction of sp³-hybridized carbons (Fsp3) is 0.467. The smallest absolute Gasteiger partial charge is 0.324 e. The molecule has 9 heteroatoms. The molecule has 1 heterocycles. The zero-order valence-electron chi connectivity index (χ0n) is 13.3. The third-order valence-electron chi connectivity index (χ3n) is 3.82. The Balaban J connectivity index is 2.31. The van der Waals surface area contributed by atoms with Crippen molar-refractivity contribution < 1.29 is 27.6 Å². The zero-order valence-corrected chi connectivity index (χ0v) is 13.3. The summed E-state index contributed by atoms with van der Waals surface area (Å²) in [6, 6.07) is 6.38. The molecule has 24 heavy (non-hydrogen) atoms. The number of alkyl halides is 3.